The van der Waals surface area contributed by atoms with Gasteiger partial charge in [0.1, 0.15) is 31.7 Å². The SMILES string of the molecule is CC(=O)c1cc(N=Nc2c([O-])cc(S(=O)(=O)[O-])c3cc([N+](=O)[O-])ccc23)c([O-])cc1O.CC(=O)c1cc(N=Nc2c([O-])cc(S(=O)(=O)[O-])c3cc([N+](=O)[O-])ccc23)c([O-])cc1O.[Fe+3].[Na+].[Na+].[Na+]. The molecule has 0 bridgehead atoms. The summed E-state index contributed by atoms with van der Waals surface area (Å²) in [5.41, 5.74) is -3.30. The summed E-state index contributed by atoms with van der Waals surface area (Å²) in [6, 6.07) is 9.87. The van der Waals surface area contributed by atoms with Crippen LogP contribution < -0.4 is 109 Å². The van der Waals surface area contributed by atoms with Crippen molar-refractivity contribution in [2.24, 2.45) is 20.5 Å². The fraction of sp³-hybridized carbons (Fsp3) is 0.0556. The standard InChI is InChI=1S/2C18H13N3O9S.Fe.3Na/c2*1-8(22)11-5-13(15(24)6-14(11)23)19-20-18-10-3-2-9(21(26)27)4-12(10)17(7-16(18)25)31(28,29)30;;;;/h2*2-7,23-25H,1H3,(H,28,29,30);;;;/q;;+3;3*+1/p-6. The van der Waals surface area contributed by atoms with Crippen LogP contribution in [0.15, 0.2) is 103 Å². The number of phenols is 2. The first-order valence-electron chi connectivity index (χ1n) is 16.5. The molecule has 0 fully saturated rings. The molecule has 325 valence electrons. The monoisotopic (exact) mass is 1010 g/mol. The summed E-state index contributed by atoms with van der Waals surface area (Å²) in [6.45, 7) is 2.28. The van der Waals surface area contributed by atoms with Gasteiger partial charge in [0.2, 0.25) is 0 Å². The summed E-state index contributed by atoms with van der Waals surface area (Å²) in [5.74, 6) is -6.00. The maximum absolute atomic E-state index is 12.4. The van der Waals surface area contributed by atoms with E-state index in [1.54, 1.807) is 0 Å². The van der Waals surface area contributed by atoms with Crippen molar-refractivity contribution in [3.8, 4) is 34.5 Å². The topological polar surface area (TPSA) is 417 Å². The number of phenolic OH excluding ortho intramolecular Hbond substituents is 2. The van der Waals surface area contributed by atoms with Crippen molar-refractivity contribution < 1.29 is 182 Å². The first kappa shape index (κ1) is 59.3. The second-order valence-corrected chi connectivity index (χ2v) is 15.2. The van der Waals surface area contributed by atoms with Crippen LogP contribution in [0.2, 0.25) is 0 Å². The van der Waals surface area contributed by atoms with Gasteiger partial charge in [-0.3, -0.25) is 29.8 Å². The molecule has 2 N–H and O–H groups in total. The zero-order valence-electron chi connectivity index (χ0n) is 34.2. The third-order valence-electron chi connectivity index (χ3n) is 8.43. The van der Waals surface area contributed by atoms with Crippen molar-refractivity contribution in [2.45, 2.75) is 23.6 Å². The predicted octanol–water partition coefficient (Wildman–Crippen LogP) is -4.74. The number of carbonyl (C=O) groups excluding carboxylic acids is 2. The third kappa shape index (κ3) is 13.3. The molecule has 0 aromatic heterocycles. The van der Waals surface area contributed by atoms with Crippen LogP contribution in [0.1, 0.15) is 34.6 Å². The van der Waals surface area contributed by atoms with Crippen LogP contribution in [0, 0.1) is 20.2 Å². The Hall–Kier alpha value is -4.68. The fourth-order valence-electron chi connectivity index (χ4n) is 5.57. The molecule has 0 spiro atoms. The fourth-order valence-corrected chi connectivity index (χ4v) is 6.95. The minimum Gasteiger partial charge on any atom is -0.871 e. The van der Waals surface area contributed by atoms with E-state index in [4.69, 9.17) is 0 Å². The minimum absolute atomic E-state index is 0. The number of Topliss-reactive ketones (excluding diaryl/α,β-unsaturated/α-hetero) is 2. The number of fused-ring (bicyclic) bond motifs is 2. The molecule has 66 heavy (non-hydrogen) atoms. The first-order chi connectivity index (χ1) is 28.8. The quantitative estimate of drug-likeness (QED) is 0.0325. The van der Waals surface area contributed by atoms with E-state index in [0.717, 1.165) is 74.5 Å². The summed E-state index contributed by atoms with van der Waals surface area (Å²) < 4.78 is 69.2. The van der Waals surface area contributed by atoms with Gasteiger partial charge in [-0.25, -0.2) is 16.8 Å². The maximum atomic E-state index is 12.4. The van der Waals surface area contributed by atoms with E-state index in [2.05, 4.69) is 20.5 Å². The van der Waals surface area contributed by atoms with Crippen molar-refractivity contribution in [1.29, 1.82) is 0 Å². The molecular weight excluding hydrogens is 993 g/mol. The molecule has 1 radical (unpaired) electrons. The average molecular weight is 1010 g/mol. The average Bonchev–Trinajstić information content (AvgIpc) is 3.16. The van der Waals surface area contributed by atoms with Gasteiger partial charge in [-0.05, 0) is 62.4 Å². The predicted molar refractivity (Wildman–Crippen MR) is 199 cm³/mol. The Kier molecular flexibility index (Phi) is 21.0. The smallest absolute Gasteiger partial charge is 0.871 e. The second kappa shape index (κ2) is 23.4. The summed E-state index contributed by atoms with van der Waals surface area (Å²) in [4.78, 5) is 41.5. The molecule has 0 amide bonds. The van der Waals surface area contributed by atoms with Crippen LogP contribution in [0.5, 0.6) is 34.5 Å². The molecule has 24 nitrogen and oxygen atoms in total. The van der Waals surface area contributed by atoms with Gasteiger partial charge in [-0.2, -0.15) is 20.5 Å². The summed E-state index contributed by atoms with van der Waals surface area (Å²) >= 11 is 0. The van der Waals surface area contributed by atoms with E-state index in [9.17, 15) is 86.4 Å². The number of nitro groups is 2. The van der Waals surface area contributed by atoms with E-state index >= 15 is 0 Å². The van der Waals surface area contributed by atoms with Gasteiger partial charge in [0.25, 0.3) is 11.4 Å². The molecule has 0 atom stereocenters. The molecule has 0 aliphatic carbocycles. The van der Waals surface area contributed by atoms with E-state index in [1.807, 2.05) is 0 Å². The van der Waals surface area contributed by atoms with Gasteiger partial charge in [-0.1, -0.05) is 23.0 Å². The summed E-state index contributed by atoms with van der Waals surface area (Å²) in [5, 5.41) is 103. The molecule has 6 aromatic carbocycles. The Labute approximate surface area is 447 Å². The Bertz CT molecular complexity index is 3040. The number of nitrogens with zero attached hydrogens (tertiary/aromatic N) is 6. The molecule has 6 rings (SSSR count). The van der Waals surface area contributed by atoms with Gasteiger partial charge < -0.3 is 39.7 Å². The van der Waals surface area contributed by atoms with Gasteiger partial charge in [0.05, 0.1) is 53.5 Å². The summed E-state index contributed by atoms with van der Waals surface area (Å²) in [6.07, 6.45) is 0. The number of carbonyl (C=O) groups is 2. The Morgan fingerprint density at radius 3 is 1.11 bits per heavy atom. The van der Waals surface area contributed by atoms with Crippen molar-refractivity contribution >= 4 is 87.5 Å². The number of aromatic hydroxyl groups is 2. The van der Waals surface area contributed by atoms with Crippen molar-refractivity contribution in [3.63, 3.8) is 0 Å². The Morgan fingerprint density at radius 1 is 0.515 bits per heavy atom. The normalized spacial score (nSPS) is 11.1. The largest absolute Gasteiger partial charge is 3.00 e. The maximum Gasteiger partial charge on any atom is 3.00 e. The number of nitro benzene ring substituents is 2. The number of hydrogen-bond acceptors (Lipinski definition) is 22. The zero-order chi connectivity index (χ0) is 46.2. The molecule has 0 aliphatic rings. The summed E-state index contributed by atoms with van der Waals surface area (Å²) in [7, 11) is -10.3. The van der Waals surface area contributed by atoms with Crippen molar-refractivity contribution in [2.75, 3.05) is 0 Å². The van der Waals surface area contributed by atoms with Gasteiger partial charge in [0, 0.05) is 45.8 Å². The minimum atomic E-state index is -5.17. The first-order valence-corrected chi connectivity index (χ1v) is 19.3. The van der Waals surface area contributed by atoms with E-state index in [1.165, 1.54) is 0 Å². The molecule has 0 unspecified atom stereocenters. The molecule has 0 heterocycles. The van der Waals surface area contributed by atoms with Crippen LogP contribution >= 0.6 is 0 Å². The van der Waals surface area contributed by atoms with Crippen LogP contribution in [-0.4, -0.2) is 57.6 Å². The molecule has 0 saturated carbocycles. The Balaban J connectivity index is 0.000000622. The number of hydrogen-bond donors (Lipinski definition) is 2. The Morgan fingerprint density at radius 2 is 0.833 bits per heavy atom. The van der Waals surface area contributed by atoms with Crippen LogP contribution in [0.25, 0.3) is 21.5 Å². The van der Waals surface area contributed by atoms with Gasteiger partial charge >= 0.3 is 106 Å². The number of rotatable bonds is 10. The van der Waals surface area contributed by atoms with E-state index < -0.39 is 131 Å². The number of benzene rings is 6. The van der Waals surface area contributed by atoms with Crippen molar-refractivity contribution in [3.05, 3.63) is 104 Å². The van der Waals surface area contributed by atoms with Crippen LogP contribution in [-0.2, 0) is 37.3 Å². The van der Waals surface area contributed by atoms with E-state index in [-0.39, 0.29) is 128 Å². The zero-order valence-corrected chi connectivity index (χ0v) is 42.9. The van der Waals surface area contributed by atoms with Crippen LogP contribution in [0.3, 0.4) is 0 Å². The molecular formula is C36H20FeN6Na3O18S2. The number of azo groups is 2. The van der Waals surface area contributed by atoms with Gasteiger partial charge in [0.15, 0.2) is 11.6 Å². The number of ketones is 2. The molecule has 30 heteroatoms. The third-order valence-corrected chi connectivity index (χ3v) is 10.2. The molecule has 0 aliphatic heterocycles. The number of non-ortho nitro benzene ring substituents is 2. The van der Waals surface area contributed by atoms with E-state index in [0.29, 0.717) is 12.1 Å². The molecule has 6 aromatic rings. The second-order valence-electron chi connectivity index (χ2n) is 12.5. The molecule has 0 saturated heterocycles. The van der Waals surface area contributed by atoms with Crippen molar-refractivity contribution in [1.82, 2.24) is 0 Å². The van der Waals surface area contributed by atoms with Gasteiger partial charge in [-0.15, -0.1) is 0 Å². The van der Waals surface area contributed by atoms with Crippen LogP contribution in [0.4, 0.5) is 34.1 Å².